The summed E-state index contributed by atoms with van der Waals surface area (Å²) in [7, 11) is 4.00. The fourth-order valence-electron chi connectivity index (χ4n) is 1.50. The first-order valence-electron chi connectivity index (χ1n) is 5.37. The Morgan fingerprint density at radius 3 is 2.69 bits per heavy atom. The number of aromatic hydroxyl groups is 1. The number of benzene rings is 1. The third kappa shape index (κ3) is 3.79. The van der Waals surface area contributed by atoms with Crippen molar-refractivity contribution in [1.29, 1.82) is 0 Å². The molecule has 0 amide bonds. The number of rotatable bonds is 5. The van der Waals surface area contributed by atoms with Gasteiger partial charge in [-0.05, 0) is 27.1 Å². The fraction of sp³-hybridized carbons (Fsp3) is 0.500. The van der Waals surface area contributed by atoms with Gasteiger partial charge in [0.25, 0.3) is 0 Å². The molecule has 1 rings (SSSR count). The van der Waals surface area contributed by atoms with Crippen molar-refractivity contribution >= 4 is 0 Å². The van der Waals surface area contributed by atoms with E-state index in [1.165, 1.54) is 6.07 Å². The van der Waals surface area contributed by atoms with Crippen LogP contribution in [-0.4, -0.2) is 37.2 Å². The van der Waals surface area contributed by atoms with Gasteiger partial charge in [-0.1, -0.05) is 6.07 Å². The molecule has 90 valence electrons. The predicted molar refractivity (Wildman–Crippen MR) is 63.0 cm³/mol. The number of hydrogen-bond donors (Lipinski definition) is 2. The molecule has 0 saturated heterocycles. The number of phenolic OH excluding ortho intramolecular Hbond substituents is 1. The quantitative estimate of drug-likeness (QED) is 0.803. The summed E-state index contributed by atoms with van der Waals surface area (Å²) in [6.07, 6.45) is 0. The minimum absolute atomic E-state index is 0.00449. The first kappa shape index (κ1) is 12.9. The molecule has 0 aromatic heterocycles. The largest absolute Gasteiger partial charge is 0.508 e. The molecule has 4 heteroatoms. The molecule has 16 heavy (non-hydrogen) atoms. The monoisotopic (exact) mass is 226 g/mol. The van der Waals surface area contributed by atoms with Gasteiger partial charge >= 0.3 is 0 Å². The molecule has 0 radical (unpaired) electrons. The highest BCUT2D eigenvalue weighted by Crippen LogP contribution is 2.24. The van der Waals surface area contributed by atoms with E-state index in [4.69, 9.17) is 0 Å². The van der Waals surface area contributed by atoms with Crippen LogP contribution in [0.15, 0.2) is 18.2 Å². The molecule has 0 aliphatic rings. The maximum Gasteiger partial charge on any atom is 0.126 e. The lowest BCUT2D eigenvalue weighted by Gasteiger charge is -2.17. The minimum atomic E-state index is -0.415. The number of nitrogens with one attached hydrogen (secondary N) is 1. The van der Waals surface area contributed by atoms with E-state index in [9.17, 15) is 9.50 Å². The average molecular weight is 226 g/mol. The van der Waals surface area contributed by atoms with Crippen LogP contribution in [0.2, 0.25) is 0 Å². The Morgan fingerprint density at radius 1 is 1.44 bits per heavy atom. The van der Waals surface area contributed by atoms with Gasteiger partial charge in [-0.3, -0.25) is 0 Å². The predicted octanol–water partition coefficient (Wildman–Crippen LogP) is 1.74. The van der Waals surface area contributed by atoms with Gasteiger partial charge in [0, 0.05) is 30.8 Å². The molecule has 1 aromatic carbocycles. The van der Waals surface area contributed by atoms with Crippen molar-refractivity contribution in [2.45, 2.75) is 13.0 Å². The van der Waals surface area contributed by atoms with Gasteiger partial charge in [-0.25, -0.2) is 4.39 Å². The summed E-state index contributed by atoms with van der Waals surface area (Å²) < 4.78 is 12.8. The maximum atomic E-state index is 12.8. The fourth-order valence-corrected chi connectivity index (χ4v) is 1.50. The molecule has 1 unspecified atom stereocenters. The van der Waals surface area contributed by atoms with E-state index >= 15 is 0 Å². The molecule has 2 N–H and O–H groups in total. The van der Waals surface area contributed by atoms with E-state index in [0.717, 1.165) is 24.7 Å². The van der Waals surface area contributed by atoms with Crippen LogP contribution in [-0.2, 0) is 0 Å². The Hall–Kier alpha value is -1.13. The van der Waals surface area contributed by atoms with E-state index in [1.807, 2.05) is 21.0 Å². The zero-order valence-electron chi connectivity index (χ0n) is 10.00. The van der Waals surface area contributed by atoms with Gasteiger partial charge in [-0.15, -0.1) is 0 Å². The van der Waals surface area contributed by atoms with Crippen LogP contribution < -0.4 is 5.32 Å². The molecule has 0 saturated carbocycles. The normalized spacial score (nSPS) is 13.1. The molecule has 0 fully saturated rings. The van der Waals surface area contributed by atoms with Crippen molar-refractivity contribution in [3.8, 4) is 5.75 Å². The van der Waals surface area contributed by atoms with Crippen LogP contribution in [0.1, 0.15) is 18.5 Å². The number of likely N-dealkylation sites (N-methyl/N-ethyl adjacent to an activating group) is 1. The highest BCUT2D eigenvalue weighted by Gasteiger charge is 2.10. The second-order valence-corrected chi connectivity index (χ2v) is 4.18. The highest BCUT2D eigenvalue weighted by atomic mass is 19.1. The third-order valence-electron chi connectivity index (χ3n) is 2.47. The van der Waals surface area contributed by atoms with Crippen LogP contribution in [0.5, 0.6) is 5.75 Å². The van der Waals surface area contributed by atoms with Crippen LogP contribution in [0, 0.1) is 5.82 Å². The van der Waals surface area contributed by atoms with Gasteiger partial charge in [-0.2, -0.15) is 0 Å². The molecule has 0 heterocycles. The molecule has 1 aromatic rings. The number of hydrogen-bond acceptors (Lipinski definition) is 3. The van der Waals surface area contributed by atoms with Crippen LogP contribution >= 0.6 is 0 Å². The summed E-state index contributed by atoms with van der Waals surface area (Å²) in [5, 5.41) is 12.8. The molecule has 3 nitrogen and oxygen atoms in total. The molecule has 0 spiro atoms. The Kier molecular flexibility index (Phi) is 4.71. The Labute approximate surface area is 95.9 Å². The Balaban J connectivity index is 2.55. The summed E-state index contributed by atoms with van der Waals surface area (Å²) in [4.78, 5) is 2.07. The first-order chi connectivity index (χ1) is 7.50. The van der Waals surface area contributed by atoms with Crippen molar-refractivity contribution in [3.05, 3.63) is 29.6 Å². The maximum absolute atomic E-state index is 12.8. The van der Waals surface area contributed by atoms with Crippen molar-refractivity contribution in [3.63, 3.8) is 0 Å². The molecular weight excluding hydrogens is 207 g/mol. The van der Waals surface area contributed by atoms with Gasteiger partial charge in [0.05, 0.1) is 0 Å². The molecule has 1 atom stereocenters. The van der Waals surface area contributed by atoms with Gasteiger partial charge < -0.3 is 15.3 Å². The standard InChI is InChI=1S/C12H19FN2O/c1-9(14-6-7-15(2)3)11-5-4-10(13)8-12(11)16/h4-5,8-9,14,16H,6-7H2,1-3H3. The molecule has 0 bridgehead atoms. The number of nitrogens with zero attached hydrogens (tertiary/aromatic N) is 1. The van der Waals surface area contributed by atoms with E-state index in [0.29, 0.717) is 0 Å². The molecule has 0 aliphatic carbocycles. The van der Waals surface area contributed by atoms with Gasteiger partial charge in [0.1, 0.15) is 11.6 Å². The van der Waals surface area contributed by atoms with Gasteiger partial charge in [0.15, 0.2) is 0 Å². The number of halogens is 1. The Morgan fingerprint density at radius 2 is 2.12 bits per heavy atom. The van der Waals surface area contributed by atoms with Crippen molar-refractivity contribution in [2.24, 2.45) is 0 Å². The summed E-state index contributed by atoms with van der Waals surface area (Å²) >= 11 is 0. The van der Waals surface area contributed by atoms with Crippen LogP contribution in [0.3, 0.4) is 0 Å². The summed E-state index contributed by atoms with van der Waals surface area (Å²) in [6.45, 7) is 3.69. The van der Waals surface area contributed by atoms with E-state index in [2.05, 4.69) is 10.2 Å². The van der Waals surface area contributed by atoms with Crippen molar-refractivity contribution in [2.75, 3.05) is 27.2 Å². The van der Waals surface area contributed by atoms with E-state index in [-0.39, 0.29) is 11.8 Å². The zero-order chi connectivity index (χ0) is 12.1. The highest BCUT2D eigenvalue weighted by molar-refractivity contribution is 5.34. The van der Waals surface area contributed by atoms with Crippen LogP contribution in [0.25, 0.3) is 0 Å². The van der Waals surface area contributed by atoms with Crippen molar-refractivity contribution < 1.29 is 9.50 Å². The zero-order valence-corrected chi connectivity index (χ0v) is 10.00. The second-order valence-electron chi connectivity index (χ2n) is 4.18. The first-order valence-corrected chi connectivity index (χ1v) is 5.37. The lowest BCUT2D eigenvalue weighted by molar-refractivity contribution is 0.385. The second kappa shape index (κ2) is 5.82. The lowest BCUT2D eigenvalue weighted by Crippen LogP contribution is -2.28. The minimum Gasteiger partial charge on any atom is -0.508 e. The smallest absolute Gasteiger partial charge is 0.126 e. The lowest BCUT2D eigenvalue weighted by atomic mass is 10.1. The SMILES string of the molecule is CC(NCCN(C)C)c1ccc(F)cc1O. The summed E-state index contributed by atoms with van der Waals surface area (Å²) in [5.41, 5.74) is 0.722. The van der Waals surface area contributed by atoms with Gasteiger partial charge in [0.2, 0.25) is 0 Å². The summed E-state index contributed by atoms with van der Waals surface area (Å²) in [6, 6.07) is 4.12. The Bertz CT molecular complexity index is 342. The van der Waals surface area contributed by atoms with Crippen molar-refractivity contribution in [1.82, 2.24) is 10.2 Å². The third-order valence-corrected chi connectivity index (χ3v) is 2.47. The molecular formula is C12H19FN2O. The average Bonchev–Trinajstić information content (AvgIpc) is 2.16. The number of phenols is 1. The van der Waals surface area contributed by atoms with Crippen LogP contribution in [0.4, 0.5) is 4.39 Å². The summed E-state index contributed by atoms with van der Waals surface area (Å²) in [5.74, 6) is -0.411. The van der Waals surface area contributed by atoms with E-state index < -0.39 is 5.82 Å². The molecule has 0 aliphatic heterocycles. The topological polar surface area (TPSA) is 35.5 Å². The van der Waals surface area contributed by atoms with E-state index in [1.54, 1.807) is 6.07 Å².